The third kappa shape index (κ3) is 3.68. The van der Waals surface area contributed by atoms with Crippen LogP contribution in [-0.4, -0.2) is 19.8 Å². The molecule has 0 atom stereocenters. The third-order valence-electron chi connectivity index (χ3n) is 4.42. The number of benzene rings is 1. The van der Waals surface area contributed by atoms with E-state index in [0.717, 1.165) is 48.7 Å². The number of nitrogens with zero attached hydrogens (tertiary/aromatic N) is 1. The molecule has 1 aromatic rings. The van der Waals surface area contributed by atoms with Crippen molar-refractivity contribution in [1.29, 1.82) is 5.26 Å². The van der Waals surface area contributed by atoms with Gasteiger partial charge in [0.1, 0.15) is 5.54 Å². The topological polar surface area (TPSA) is 54.3 Å². The Morgan fingerprint density at radius 3 is 2.48 bits per heavy atom. The number of nitrogens with one attached hydrogen (secondary N) is 1. The van der Waals surface area contributed by atoms with Crippen LogP contribution in [0, 0.1) is 17.2 Å². The van der Waals surface area contributed by atoms with E-state index in [9.17, 15) is 5.26 Å². The Labute approximate surface area is 127 Å². The van der Waals surface area contributed by atoms with Gasteiger partial charge >= 0.3 is 0 Å². The summed E-state index contributed by atoms with van der Waals surface area (Å²) in [5.41, 5.74) is 0.723. The maximum Gasteiger partial charge on any atom is 0.161 e. The fourth-order valence-electron chi connectivity index (χ4n) is 2.84. The highest BCUT2D eigenvalue weighted by atomic mass is 16.5. The second-order valence-corrected chi connectivity index (χ2v) is 5.92. The molecule has 0 radical (unpaired) electrons. The molecule has 0 bridgehead atoms. The molecule has 1 N–H and O–H groups in total. The molecular formula is C17H24N2O2. The Hall–Kier alpha value is -1.73. The molecule has 114 valence electrons. The van der Waals surface area contributed by atoms with Crippen LogP contribution in [-0.2, 0) is 6.54 Å². The Morgan fingerprint density at radius 1 is 1.24 bits per heavy atom. The number of methoxy groups -OCH3 is 2. The van der Waals surface area contributed by atoms with E-state index < -0.39 is 0 Å². The minimum Gasteiger partial charge on any atom is -0.493 e. The van der Waals surface area contributed by atoms with Crippen molar-refractivity contribution >= 4 is 0 Å². The minimum atomic E-state index is -0.375. The van der Waals surface area contributed by atoms with Gasteiger partial charge in [-0.15, -0.1) is 0 Å². The maximum atomic E-state index is 9.53. The summed E-state index contributed by atoms with van der Waals surface area (Å²) in [4.78, 5) is 0. The first-order valence-corrected chi connectivity index (χ1v) is 7.49. The average Bonchev–Trinajstić information content (AvgIpc) is 2.54. The second-order valence-electron chi connectivity index (χ2n) is 5.92. The third-order valence-corrected chi connectivity index (χ3v) is 4.42. The van der Waals surface area contributed by atoms with Crippen molar-refractivity contribution in [1.82, 2.24) is 5.32 Å². The van der Waals surface area contributed by atoms with Crippen LogP contribution in [0.25, 0.3) is 0 Å². The van der Waals surface area contributed by atoms with Crippen molar-refractivity contribution < 1.29 is 9.47 Å². The van der Waals surface area contributed by atoms with Crippen molar-refractivity contribution in [3.05, 3.63) is 23.8 Å². The standard InChI is InChI=1S/C17H24N2O2/c1-13-6-8-17(12-18,9-7-13)19-11-14-4-5-15(20-2)16(10-14)21-3/h4-5,10,13,19H,6-9,11H2,1-3H3. The highest BCUT2D eigenvalue weighted by Gasteiger charge is 2.33. The van der Waals surface area contributed by atoms with E-state index >= 15 is 0 Å². The van der Waals surface area contributed by atoms with Gasteiger partial charge in [0.15, 0.2) is 11.5 Å². The van der Waals surface area contributed by atoms with Gasteiger partial charge in [0.2, 0.25) is 0 Å². The van der Waals surface area contributed by atoms with Crippen molar-refractivity contribution in [3.63, 3.8) is 0 Å². The lowest BCUT2D eigenvalue weighted by atomic mass is 9.78. The molecule has 1 fully saturated rings. The van der Waals surface area contributed by atoms with Crippen molar-refractivity contribution in [2.75, 3.05) is 14.2 Å². The predicted octanol–water partition coefficient (Wildman–Crippen LogP) is 3.27. The highest BCUT2D eigenvalue weighted by molar-refractivity contribution is 5.42. The van der Waals surface area contributed by atoms with E-state index in [4.69, 9.17) is 9.47 Å². The molecule has 1 aliphatic rings. The van der Waals surface area contributed by atoms with Crippen molar-refractivity contribution in [2.24, 2.45) is 5.92 Å². The molecule has 21 heavy (non-hydrogen) atoms. The summed E-state index contributed by atoms with van der Waals surface area (Å²) in [5.74, 6) is 2.18. The molecule has 0 aromatic heterocycles. The summed E-state index contributed by atoms with van der Waals surface area (Å²) in [6, 6.07) is 8.36. The summed E-state index contributed by atoms with van der Waals surface area (Å²) in [5, 5.41) is 13.0. The highest BCUT2D eigenvalue weighted by Crippen LogP contribution is 2.32. The zero-order valence-electron chi connectivity index (χ0n) is 13.1. The van der Waals surface area contributed by atoms with Crippen molar-refractivity contribution in [3.8, 4) is 17.6 Å². The van der Waals surface area contributed by atoms with Gasteiger partial charge in [0.25, 0.3) is 0 Å². The zero-order valence-corrected chi connectivity index (χ0v) is 13.1. The van der Waals surface area contributed by atoms with Gasteiger partial charge in [-0.1, -0.05) is 13.0 Å². The molecule has 1 aliphatic carbocycles. The van der Waals surface area contributed by atoms with Gasteiger partial charge in [-0.25, -0.2) is 0 Å². The van der Waals surface area contributed by atoms with Crippen LogP contribution in [0.2, 0.25) is 0 Å². The molecule has 2 rings (SSSR count). The number of nitriles is 1. The number of hydrogen-bond donors (Lipinski definition) is 1. The molecule has 0 saturated heterocycles. The van der Waals surface area contributed by atoms with Crippen LogP contribution >= 0.6 is 0 Å². The minimum absolute atomic E-state index is 0.375. The number of ether oxygens (including phenoxy) is 2. The lowest BCUT2D eigenvalue weighted by Crippen LogP contribution is -2.46. The fraction of sp³-hybridized carbons (Fsp3) is 0.588. The molecule has 4 heteroatoms. The fourth-order valence-corrected chi connectivity index (χ4v) is 2.84. The molecule has 0 amide bonds. The smallest absolute Gasteiger partial charge is 0.161 e. The summed E-state index contributed by atoms with van der Waals surface area (Å²) < 4.78 is 10.6. The molecular weight excluding hydrogens is 264 g/mol. The van der Waals surface area contributed by atoms with Crippen LogP contribution in [0.15, 0.2) is 18.2 Å². The van der Waals surface area contributed by atoms with E-state index in [1.54, 1.807) is 14.2 Å². The first-order valence-electron chi connectivity index (χ1n) is 7.49. The Balaban J connectivity index is 2.03. The first kappa shape index (κ1) is 15.7. The van der Waals surface area contributed by atoms with Crippen molar-refractivity contribution in [2.45, 2.75) is 44.7 Å². The SMILES string of the molecule is COc1ccc(CNC2(C#N)CCC(C)CC2)cc1OC. The molecule has 1 saturated carbocycles. The molecule has 1 aromatic carbocycles. The lowest BCUT2D eigenvalue weighted by Gasteiger charge is -2.34. The zero-order chi connectivity index (χ0) is 15.3. The van der Waals surface area contributed by atoms with Crippen LogP contribution in [0.1, 0.15) is 38.2 Å². The van der Waals surface area contributed by atoms with Crippen LogP contribution in [0.4, 0.5) is 0 Å². The largest absolute Gasteiger partial charge is 0.493 e. The van der Waals surface area contributed by atoms with Crippen LogP contribution in [0.5, 0.6) is 11.5 Å². The Bertz CT molecular complexity index is 514. The quantitative estimate of drug-likeness (QED) is 0.903. The van der Waals surface area contributed by atoms with Gasteiger partial charge < -0.3 is 9.47 Å². The van der Waals surface area contributed by atoms with Gasteiger partial charge in [0.05, 0.1) is 20.3 Å². The molecule has 0 spiro atoms. The Morgan fingerprint density at radius 2 is 1.90 bits per heavy atom. The molecule has 4 nitrogen and oxygen atoms in total. The molecule has 0 aliphatic heterocycles. The van der Waals surface area contributed by atoms with Gasteiger partial charge in [-0.2, -0.15) is 5.26 Å². The normalized spacial score (nSPS) is 25.1. The number of hydrogen-bond acceptors (Lipinski definition) is 4. The molecule has 0 unspecified atom stereocenters. The summed E-state index contributed by atoms with van der Waals surface area (Å²) >= 11 is 0. The van der Waals surface area contributed by atoms with E-state index in [0.29, 0.717) is 6.54 Å². The van der Waals surface area contributed by atoms with E-state index in [2.05, 4.69) is 18.3 Å². The average molecular weight is 288 g/mol. The monoisotopic (exact) mass is 288 g/mol. The Kier molecular flexibility index (Phi) is 5.08. The second kappa shape index (κ2) is 6.82. The van der Waals surface area contributed by atoms with Gasteiger partial charge in [-0.3, -0.25) is 5.32 Å². The van der Waals surface area contributed by atoms with E-state index in [1.807, 2.05) is 18.2 Å². The van der Waals surface area contributed by atoms with Crippen LogP contribution < -0.4 is 14.8 Å². The van der Waals surface area contributed by atoms with Crippen LogP contribution in [0.3, 0.4) is 0 Å². The summed E-state index contributed by atoms with van der Waals surface area (Å²) in [6.45, 7) is 2.93. The lowest BCUT2D eigenvalue weighted by molar-refractivity contribution is 0.247. The maximum absolute atomic E-state index is 9.53. The van der Waals surface area contributed by atoms with Gasteiger partial charge in [-0.05, 0) is 49.3 Å². The molecule has 0 heterocycles. The van der Waals surface area contributed by atoms with E-state index in [1.165, 1.54) is 0 Å². The predicted molar refractivity (Wildman–Crippen MR) is 82.4 cm³/mol. The van der Waals surface area contributed by atoms with Gasteiger partial charge in [0, 0.05) is 6.54 Å². The summed E-state index contributed by atoms with van der Waals surface area (Å²) in [7, 11) is 3.26. The number of rotatable bonds is 5. The van der Waals surface area contributed by atoms with E-state index in [-0.39, 0.29) is 5.54 Å². The first-order chi connectivity index (χ1) is 10.1. The summed E-state index contributed by atoms with van der Waals surface area (Å²) in [6.07, 6.45) is 4.09.